The molecule has 1 aromatic carbocycles. The molecule has 0 fully saturated rings. The number of hydrogen-bond acceptors (Lipinski definition) is 4. The Labute approximate surface area is 117 Å². The summed E-state index contributed by atoms with van der Waals surface area (Å²) in [5.41, 5.74) is 0.591. The quantitative estimate of drug-likeness (QED) is 0.873. The SMILES string of the molecule is CC(C)CCOc1ccccc1-c1cc(C(=O)O)no1. The molecule has 1 heterocycles. The highest BCUT2D eigenvalue weighted by atomic mass is 16.5. The maximum atomic E-state index is 10.8. The second-order valence-electron chi connectivity index (χ2n) is 4.91. The van der Waals surface area contributed by atoms with Gasteiger partial charge in [-0.3, -0.25) is 0 Å². The van der Waals surface area contributed by atoms with Crippen LogP contribution in [-0.4, -0.2) is 22.8 Å². The maximum absolute atomic E-state index is 10.8. The smallest absolute Gasteiger partial charge is 0.358 e. The number of para-hydroxylation sites is 1. The van der Waals surface area contributed by atoms with Crippen molar-refractivity contribution in [1.29, 1.82) is 0 Å². The number of benzene rings is 1. The predicted molar refractivity (Wildman–Crippen MR) is 73.8 cm³/mol. The first-order valence-electron chi connectivity index (χ1n) is 6.50. The van der Waals surface area contributed by atoms with Gasteiger partial charge in [-0.05, 0) is 24.5 Å². The van der Waals surface area contributed by atoms with Gasteiger partial charge in [-0.15, -0.1) is 0 Å². The van der Waals surface area contributed by atoms with Crippen LogP contribution in [0.1, 0.15) is 30.8 Å². The highest BCUT2D eigenvalue weighted by Gasteiger charge is 2.15. The number of carboxylic acids is 1. The van der Waals surface area contributed by atoms with Crippen molar-refractivity contribution in [2.24, 2.45) is 5.92 Å². The van der Waals surface area contributed by atoms with Gasteiger partial charge >= 0.3 is 5.97 Å². The van der Waals surface area contributed by atoms with E-state index in [0.717, 1.165) is 6.42 Å². The van der Waals surface area contributed by atoms with Crippen molar-refractivity contribution in [2.75, 3.05) is 6.61 Å². The van der Waals surface area contributed by atoms with Crippen molar-refractivity contribution >= 4 is 5.97 Å². The minimum absolute atomic E-state index is 0.114. The molecular formula is C15H17NO4. The Bertz CT molecular complexity index is 589. The number of aromatic carboxylic acids is 1. The number of carbonyl (C=O) groups is 1. The molecule has 1 N–H and O–H groups in total. The van der Waals surface area contributed by atoms with Gasteiger partial charge < -0.3 is 14.4 Å². The van der Waals surface area contributed by atoms with Gasteiger partial charge in [-0.2, -0.15) is 0 Å². The molecule has 5 nitrogen and oxygen atoms in total. The summed E-state index contributed by atoms with van der Waals surface area (Å²) in [6.45, 7) is 4.87. The van der Waals surface area contributed by atoms with Crippen LogP contribution in [0.5, 0.6) is 5.75 Å². The summed E-state index contributed by atoms with van der Waals surface area (Å²) < 4.78 is 10.8. The molecule has 0 unspecified atom stereocenters. The lowest BCUT2D eigenvalue weighted by molar-refractivity contribution is 0.0686. The van der Waals surface area contributed by atoms with E-state index in [2.05, 4.69) is 19.0 Å². The van der Waals surface area contributed by atoms with E-state index in [0.29, 0.717) is 29.6 Å². The summed E-state index contributed by atoms with van der Waals surface area (Å²) in [6.07, 6.45) is 0.950. The van der Waals surface area contributed by atoms with E-state index in [-0.39, 0.29) is 5.69 Å². The monoisotopic (exact) mass is 275 g/mol. The molecule has 0 spiro atoms. The minimum atomic E-state index is -1.11. The van der Waals surface area contributed by atoms with E-state index in [1.54, 1.807) is 0 Å². The maximum Gasteiger partial charge on any atom is 0.358 e. The molecule has 0 atom stereocenters. The normalized spacial score (nSPS) is 10.8. The van der Waals surface area contributed by atoms with Crippen LogP contribution in [0.25, 0.3) is 11.3 Å². The van der Waals surface area contributed by atoms with Gasteiger partial charge in [0.15, 0.2) is 11.5 Å². The molecule has 5 heteroatoms. The Morgan fingerprint density at radius 1 is 1.40 bits per heavy atom. The molecule has 0 aliphatic carbocycles. The molecule has 0 aliphatic heterocycles. The first-order chi connectivity index (χ1) is 9.58. The van der Waals surface area contributed by atoms with E-state index in [4.69, 9.17) is 14.4 Å². The molecule has 1 aromatic heterocycles. The topological polar surface area (TPSA) is 72.6 Å². The van der Waals surface area contributed by atoms with Crippen molar-refractivity contribution in [2.45, 2.75) is 20.3 Å². The second kappa shape index (κ2) is 6.23. The van der Waals surface area contributed by atoms with Gasteiger partial charge in [0.2, 0.25) is 0 Å². The Balaban J connectivity index is 2.20. The summed E-state index contributed by atoms with van der Waals surface area (Å²) >= 11 is 0. The van der Waals surface area contributed by atoms with Crippen LogP contribution in [0, 0.1) is 5.92 Å². The van der Waals surface area contributed by atoms with Gasteiger partial charge in [-0.25, -0.2) is 4.79 Å². The first kappa shape index (κ1) is 14.1. The summed E-state index contributed by atoms with van der Waals surface area (Å²) in [4.78, 5) is 10.8. The minimum Gasteiger partial charge on any atom is -0.493 e. The zero-order chi connectivity index (χ0) is 14.5. The molecule has 0 amide bonds. The van der Waals surface area contributed by atoms with Gasteiger partial charge in [0, 0.05) is 6.07 Å². The average molecular weight is 275 g/mol. The first-order valence-corrected chi connectivity index (χ1v) is 6.50. The van der Waals surface area contributed by atoms with E-state index in [1.165, 1.54) is 6.07 Å². The highest BCUT2D eigenvalue weighted by molar-refractivity contribution is 5.86. The van der Waals surface area contributed by atoms with Crippen LogP contribution >= 0.6 is 0 Å². The number of nitrogens with zero attached hydrogens (tertiary/aromatic N) is 1. The Hall–Kier alpha value is -2.30. The molecule has 20 heavy (non-hydrogen) atoms. The fraction of sp³-hybridized carbons (Fsp3) is 0.333. The number of rotatable bonds is 6. The van der Waals surface area contributed by atoms with E-state index < -0.39 is 5.97 Å². The van der Waals surface area contributed by atoms with Crippen molar-refractivity contribution in [3.05, 3.63) is 36.0 Å². The lowest BCUT2D eigenvalue weighted by Crippen LogP contribution is -2.02. The van der Waals surface area contributed by atoms with Gasteiger partial charge in [0.1, 0.15) is 5.75 Å². The molecule has 0 radical (unpaired) electrons. The third-order valence-corrected chi connectivity index (χ3v) is 2.83. The van der Waals surface area contributed by atoms with Crippen LogP contribution in [-0.2, 0) is 0 Å². The van der Waals surface area contributed by atoms with Crippen molar-refractivity contribution in [1.82, 2.24) is 5.16 Å². The molecule has 0 bridgehead atoms. The molecule has 106 valence electrons. The number of ether oxygens (including phenoxy) is 1. The van der Waals surface area contributed by atoms with Crippen LogP contribution in [0.3, 0.4) is 0 Å². The van der Waals surface area contributed by atoms with E-state index >= 15 is 0 Å². The van der Waals surface area contributed by atoms with Gasteiger partial charge in [-0.1, -0.05) is 31.1 Å². The fourth-order valence-electron chi connectivity index (χ4n) is 1.70. The largest absolute Gasteiger partial charge is 0.493 e. The molecule has 0 aliphatic rings. The molecule has 0 saturated heterocycles. The molecule has 2 rings (SSSR count). The lowest BCUT2D eigenvalue weighted by atomic mass is 10.1. The van der Waals surface area contributed by atoms with Crippen LogP contribution < -0.4 is 4.74 Å². The zero-order valence-electron chi connectivity index (χ0n) is 11.5. The molecule has 2 aromatic rings. The summed E-state index contributed by atoms with van der Waals surface area (Å²) in [7, 11) is 0. The van der Waals surface area contributed by atoms with Crippen LogP contribution in [0.15, 0.2) is 34.9 Å². The Kier molecular flexibility index (Phi) is 4.40. The van der Waals surface area contributed by atoms with Crippen LogP contribution in [0.4, 0.5) is 0 Å². The zero-order valence-corrected chi connectivity index (χ0v) is 11.5. The fourth-order valence-corrected chi connectivity index (χ4v) is 1.70. The lowest BCUT2D eigenvalue weighted by Gasteiger charge is -2.10. The van der Waals surface area contributed by atoms with Crippen molar-refractivity contribution < 1.29 is 19.2 Å². The third-order valence-electron chi connectivity index (χ3n) is 2.83. The number of hydrogen-bond donors (Lipinski definition) is 1. The summed E-state index contributed by atoms with van der Waals surface area (Å²) in [5, 5.41) is 12.4. The Morgan fingerprint density at radius 3 is 2.80 bits per heavy atom. The van der Waals surface area contributed by atoms with E-state index in [9.17, 15) is 4.79 Å². The third kappa shape index (κ3) is 3.38. The van der Waals surface area contributed by atoms with Gasteiger partial charge in [0.25, 0.3) is 0 Å². The van der Waals surface area contributed by atoms with Crippen molar-refractivity contribution in [3.8, 4) is 17.1 Å². The van der Waals surface area contributed by atoms with Crippen molar-refractivity contribution in [3.63, 3.8) is 0 Å². The predicted octanol–water partition coefficient (Wildman–Crippen LogP) is 3.46. The molecular weight excluding hydrogens is 258 g/mol. The van der Waals surface area contributed by atoms with Gasteiger partial charge in [0.05, 0.1) is 12.2 Å². The average Bonchev–Trinajstić information content (AvgIpc) is 2.88. The van der Waals surface area contributed by atoms with E-state index in [1.807, 2.05) is 24.3 Å². The number of aromatic nitrogens is 1. The molecule has 0 saturated carbocycles. The number of carboxylic acid groups (broad SMARTS) is 1. The van der Waals surface area contributed by atoms with Crippen LogP contribution in [0.2, 0.25) is 0 Å². The summed E-state index contributed by atoms with van der Waals surface area (Å²) in [5.74, 6) is 0.507. The summed E-state index contributed by atoms with van der Waals surface area (Å²) in [6, 6.07) is 8.75. The highest BCUT2D eigenvalue weighted by Crippen LogP contribution is 2.30. The second-order valence-corrected chi connectivity index (χ2v) is 4.91. The Morgan fingerprint density at radius 2 is 2.15 bits per heavy atom. The standard InChI is InChI=1S/C15H17NO4/c1-10(2)7-8-19-13-6-4-3-5-11(13)14-9-12(15(17)18)16-20-14/h3-6,9-10H,7-8H2,1-2H3,(H,17,18).